The number of hydrogen-bond acceptors (Lipinski definition) is 5. The van der Waals surface area contributed by atoms with Gasteiger partial charge in [0, 0.05) is 6.61 Å². The van der Waals surface area contributed by atoms with Gasteiger partial charge in [0.15, 0.2) is 0 Å². The smallest absolute Gasteiger partial charge is 0.245 e. The SMILES string of the molecule is C1CCC(c2nnc(C3CCCO3)o2)NC1.Cl. The van der Waals surface area contributed by atoms with Crippen LogP contribution in [0.5, 0.6) is 0 Å². The van der Waals surface area contributed by atoms with E-state index in [0.29, 0.717) is 5.89 Å². The van der Waals surface area contributed by atoms with Gasteiger partial charge in [-0.05, 0) is 32.2 Å². The van der Waals surface area contributed by atoms with Crippen molar-refractivity contribution in [1.29, 1.82) is 0 Å². The van der Waals surface area contributed by atoms with E-state index in [1.807, 2.05) is 0 Å². The highest BCUT2D eigenvalue weighted by atomic mass is 35.5. The minimum Gasteiger partial charge on any atom is -0.421 e. The van der Waals surface area contributed by atoms with E-state index in [0.717, 1.165) is 38.3 Å². The van der Waals surface area contributed by atoms with E-state index in [-0.39, 0.29) is 24.6 Å². The second-order valence-electron chi connectivity index (χ2n) is 4.48. The van der Waals surface area contributed by atoms with Gasteiger partial charge in [-0.25, -0.2) is 0 Å². The summed E-state index contributed by atoms with van der Waals surface area (Å²) in [6.07, 6.45) is 5.68. The van der Waals surface area contributed by atoms with Crippen molar-refractivity contribution in [1.82, 2.24) is 15.5 Å². The topological polar surface area (TPSA) is 60.2 Å². The van der Waals surface area contributed by atoms with Gasteiger partial charge in [-0.3, -0.25) is 0 Å². The van der Waals surface area contributed by atoms with Crippen molar-refractivity contribution < 1.29 is 9.15 Å². The summed E-state index contributed by atoms with van der Waals surface area (Å²) in [7, 11) is 0. The molecule has 2 unspecified atom stereocenters. The van der Waals surface area contributed by atoms with E-state index in [1.165, 1.54) is 12.8 Å². The lowest BCUT2D eigenvalue weighted by Crippen LogP contribution is -2.26. The van der Waals surface area contributed by atoms with Crippen LogP contribution < -0.4 is 5.32 Å². The summed E-state index contributed by atoms with van der Waals surface area (Å²) < 4.78 is 11.2. The molecule has 0 amide bonds. The maximum atomic E-state index is 5.70. The van der Waals surface area contributed by atoms with Gasteiger partial charge in [-0.2, -0.15) is 0 Å². The molecule has 1 aromatic heterocycles. The molecule has 1 N–H and O–H groups in total. The summed E-state index contributed by atoms with van der Waals surface area (Å²) in [5.41, 5.74) is 0. The van der Waals surface area contributed by atoms with Gasteiger partial charge in [-0.15, -0.1) is 22.6 Å². The van der Waals surface area contributed by atoms with Crippen LogP contribution in [0.15, 0.2) is 4.42 Å². The van der Waals surface area contributed by atoms with Crippen molar-refractivity contribution in [2.75, 3.05) is 13.2 Å². The largest absolute Gasteiger partial charge is 0.421 e. The molecule has 0 aliphatic carbocycles. The third kappa shape index (κ3) is 2.78. The Bertz CT molecular complexity index is 346. The average Bonchev–Trinajstić information content (AvgIpc) is 3.01. The average molecular weight is 260 g/mol. The molecule has 2 atom stereocenters. The number of aromatic nitrogens is 2. The van der Waals surface area contributed by atoms with Crippen LogP contribution in [0.3, 0.4) is 0 Å². The molecule has 96 valence electrons. The molecule has 1 aromatic rings. The molecule has 3 rings (SSSR count). The highest BCUT2D eigenvalue weighted by molar-refractivity contribution is 5.85. The second-order valence-corrected chi connectivity index (χ2v) is 4.48. The Labute approximate surface area is 107 Å². The summed E-state index contributed by atoms with van der Waals surface area (Å²) in [6, 6.07) is 0.247. The van der Waals surface area contributed by atoms with Gasteiger partial charge in [0.25, 0.3) is 0 Å². The quantitative estimate of drug-likeness (QED) is 0.882. The normalized spacial score (nSPS) is 28.9. The first-order valence-electron chi connectivity index (χ1n) is 6.12. The predicted molar refractivity (Wildman–Crippen MR) is 64.1 cm³/mol. The molecule has 2 aliphatic rings. The van der Waals surface area contributed by atoms with Crippen LogP contribution >= 0.6 is 12.4 Å². The first-order valence-corrected chi connectivity index (χ1v) is 6.12. The molecule has 6 heteroatoms. The summed E-state index contributed by atoms with van der Waals surface area (Å²) in [6.45, 7) is 1.85. The standard InChI is InChI=1S/C11H17N3O2.ClH/c1-2-6-12-8(4-1)10-13-14-11(16-10)9-5-3-7-15-9;/h8-9,12H,1-7H2;1H. The van der Waals surface area contributed by atoms with Gasteiger partial charge < -0.3 is 14.5 Å². The number of ether oxygens (including phenoxy) is 1. The monoisotopic (exact) mass is 259 g/mol. The van der Waals surface area contributed by atoms with Crippen LogP contribution in [0.2, 0.25) is 0 Å². The van der Waals surface area contributed by atoms with E-state index in [2.05, 4.69) is 15.5 Å². The van der Waals surface area contributed by atoms with E-state index < -0.39 is 0 Å². The third-order valence-electron chi connectivity index (χ3n) is 3.27. The van der Waals surface area contributed by atoms with E-state index in [9.17, 15) is 0 Å². The summed E-state index contributed by atoms with van der Waals surface area (Å²) in [4.78, 5) is 0. The van der Waals surface area contributed by atoms with Crippen molar-refractivity contribution in [2.45, 2.75) is 44.2 Å². The molecule has 0 radical (unpaired) electrons. The molecule has 2 fully saturated rings. The van der Waals surface area contributed by atoms with Gasteiger partial charge in [-0.1, -0.05) is 6.42 Å². The Morgan fingerprint density at radius 3 is 2.65 bits per heavy atom. The van der Waals surface area contributed by atoms with Crippen molar-refractivity contribution in [3.63, 3.8) is 0 Å². The fraction of sp³-hybridized carbons (Fsp3) is 0.818. The lowest BCUT2D eigenvalue weighted by molar-refractivity contribution is 0.0871. The molecule has 0 bridgehead atoms. The Balaban J connectivity index is 0.00000108. The van der Waals surface area contributed by atoms with Gasteiger partial charge in [0.05, 0.1) is 6.04 Å². The molecule has 3 heterocycles. The molecule has 2 saturated heterocycles. The minimum atomic E-state index is 0. The lowest BCUT2D eigenvalue weighted by Gasteiger charge is -2.19. The van der Waals surface area contributed by atoms with Crippen molar-refractivity contribution in [3.05, 3.63) is 11.8 Å². The first-order chi connectivity index (χ1) is 7.93. The Morgan fingerprint density at radius 1 is 1.06 bits per heavy atom. The number of rotatable bonds is 2. The summed E-state index contributed by atoms with van der Waals surface area (Å²) >= 11 is 0. The second kappa shape index (κ2) is 5.80. The Kier molecular flexibility index (Phi) is 4.36. The number of piperidine rings is 1. The Hall–Kier alpha value is -0.650. The zero-order valence-electron chi connectivity index (χ0n) is 9.72. The molecule has 2 aliphatic heterocycles. The van der Waals surface area contributed by atoms with Crippen LogP contribution in [-0.4, -0.2) is 23.3 Å². The fourth-order valence-electron chi connectivity index (χ4n) is 2.35. The van der Waals surface area contributed by atoms with Crippen molar-refractivity contribution in [2.24, 2.45) is 0 Å². The van der Waals surface area contributed by atoms with Crippen LogP contribution in [0.4, 0.5) is 0 Å². The highest BCUT2D eigenvalue weighted by Gasteiger charge is 2.26. The number of hydrogen-bond donors (Lipinski definition) is 1. The molecule has 0 aromatic carbocycles. The van der Waals surface area contributed by atoms with Crippen LogP contribution in [-0.2, 0) is 4.74 Å². The molecular formula is C11H18ClN3O2. The first kappa shape index (κ1) is 12.8. The molecule has 0 saturated carbocycles. The minimum absolute atomic E-state index is 0. The predicted octanol–water partition coefficient (Wildman–Crippen LogP) is 2.16. The van der Waals surface area contributed by atoms with E-state index in [1.54, 1.807) is 0 Å². The molecule has 17 heavy (non-hydrogen) atoms. The molecule has 5 nitrogen and oxygen atoms in total. The number of nitrogens with one attached hydrogen (secondary N) is 1. The molecule has 0 spiro atoms. The Morgan fingerprint density at radius 2 is 1.94 bits per heavy atom. The van der Waals surface area contributed by atoms with Crippen molar-refractivity contribution >= 4 is 12.4 Å². The maximum Gasteiger partial charge on any atom is 0.245 e. The molecular weight excluding hydrogens is 242 g/mol. The van der Waals surface area contributed by atoms with E-state index >= 15 is 0 Å². The van der Waals surface area contributed by atoms with Crippen LogP contribution in [0, 0.1) is 0 Å². The van der Waals surface area contributed by atoms with E-state index in [4.69, 9.17) is 9.15 Å². The van der Waals surface area contributed by atoms with Gasteiger partial charge in [0.1, 0.15) is 6.10 Å². The highest BCUT2D eigenvalue weighted by Crippen LogP contribution is 2.29. The summed E-state index contributed by atoms with van der Waals surface area (Å²) in [5.74, 6) is 1.38. The van der Waals surface area contributed by atoms with Crippen LogP contribution in [0.25, 0.3) is 0 Å². The third-order valence-corrected chi connectivity index (χ3v) is 3.27. The maximum absolute atomic E-state index is 5.70. The number of nitrogens with zero attached hydrogens (tertiary/aromatic N) is 2. The van der Waals surface area contributed by atoms with Crippen LogP contribution in [0.1, 0.15) is 56.0 Å². The fourth-order valence-corrected chi connectivity index (χ4v) is 2.35. The zero-order valence-corrected chi connectivity index (χ0v) is 10.5. The summed E-state index contributed by atoms with van der Waals surface area (Å²) in [5, 5.41) is 11.6. The lowest BCUT2D eigenvalue weighted by atomic mass is 10.1. The van der Waals surface area contributed by atoms with Crippen molar-refractivity contribution in [3.8, 4) is 0 Å². The van der Waals surface area contributed by atoms with Gasteiger partial charge >= 0.3 is 0 Å². The van der Waals surface area contributed by atoms with Gasteiger partial charge in [0.2, 0.25) is 11.8 Å². The zero-order chi connectivity index (χ0) is 10.8. The number of halogens is 1.